The molecule has 0 atom stereocenters. The highest BCUT2D eigenvalue weighted by atomic mass is 35.5. The van der Waals surface area contributed by atoms with Gasteiger partial charge in [0.15, 0.2) is 5.17 Å². The van der Waals surface area contributed by atoms with Gasteiger partial charge >= 0.3 is 0 Å². The lowest BCUT2D eigenvalue weighted by atomic mass is 10.2. The van der Waals surface area contributed by atoms with Crippen LogP contribution in [0.25, 0.3) is 0 Å². The summed E-state index contributed by atoms with van der Waals surface area (Å²) in [5.41, 5.74) is 0.626. The Morgan fingerprint density at radius 1 is 1.33 bits per heavy atom. The van der Waals surface area contributed by atoms with Gasteiger partial charge in [-0.3, -0.25) is 0 Å². The van der Waals surface area contributed by atoms with E-state index < -0.39 is 0 Å². The van der Waals surface area contributed by atoms with E-state index in [4.69, 9.17) is 32.8 Å². The van der Waals surface area contributed by atoms with Gasteiger partial charge in [0.25, 0.3) is 0 Å². The summed E-state index contributed by atoms with van der Waals surface area (Å²) in [5.74, 6) is 0. The number of quaternary nitrogens is 1. The molecule has 7 heteroatoms. The molecule has 0 aliphatic carbocycles. The van der Waals surface area contributed by atoms with Crippen LogP contribution in [-0.2, 0) is 9.57 Å². The zero-order valence-electron chi connectivity index (χ0n) is 11.6. The van der Waals surface area contributed by atoms with Gasteiger partial charge < -0.3 is 19.4 Å². The molecule has 21 heavy (non-hydrogen) atoms. The number of rotatable bonds is 6. The molecule has 0 bridgehead atoms. The van der Waals surface area contributed by atoms with Gasteiger partial charge in [0.2, 0.25) is 0 Å². The van der Waals surface area contributed by atoms with E-state index in [1.54, 1.807) is 12.1 Å². The van der Waals surface area contributed by atoms with Crippen LogP contribution in [0.1, 0.15) is 12.0 Å². The van der Waals surface area contributed by atoms with Crippen molar-refractivity contribution in [2.75, 3.05) is 39.5 Å². The average Bonchev–Trinajstić information content (AvgIpc) is 2.48. The molecule has 5 nitrogen and oxygen atoms in total. The molecule has 1 saturated heterocycles. The van der Waals surface area contributed by atoms with Crippen LogP contribution in [0.15, 0.2) is 29.4 Å². The molecule has 0 aromatic heterocycles. The van der Waals surface area contributed by atoms with E-state index in [1.165, 1.54) is 0 Å². The van der Waals surface area contributed by atoms with E-state index in [-0.39, 0.29) is 9.82 Å². The van der Waals surface area contributed by atoms with Crippen LogP contribution in [0.5, 0.6) is 0 Å². The predicted octanol–water partition coefficient (Wildman–Crippen LogP) is 2.99. The molecular formula is C14H18Cl2N2O3. The van der Waals surface area contributed by atoms with Crippen molar-refractivity contribution >= 4 is 28.4 Å². The molecule has 0 saturated carbocycles. The molecule has 1 aliphatic heterocycles. The number of hydrogen-bond acceptors (Lipinski definition) is 4. The van der Waals surface area contributed by atoms with Crippen LogP contribution in [0.2, 0.25) is 5.02 Å². The smallest absolute Gasteiger partial charge is 0.177 e. The quantitative estimate of drug-likeness (QED) is 0.264. The Kier molecular flexibility index (Phi) is 6.26. The predicted molar refractivity (Wildman–Crippen MR) is 83.5 cm³/mol. The molecule has 0 unspecified atom stereocenters. The molecule has 1 aromatic rings. The molecule has 1 aromatic carbocycles. The van der Waals surface area contributed by atoms with Gasteiger partial charge in [-0.25, -0.2) is 0 Å². The van der Waals surface area contributed by atoms with Gasteiger partial charge in [-0.2, -0.15) is 0 Å². The number of nitrogens with zero attached hydrogens (tertiary/aromatic N) is 2. The fourth-order valence-electron chi connectivity index (χ4n) is 2.10. The molecule has 0 spiro atoms. The maximum absolute atomic E-state index is 12.2. The van der Waals surface area contributed by atoms with Crippen molar-refractivity contribution in [3.63, 3.8) is 0 Å². The van der Waals surface area contributed by atoms with Crippen molar-refractivity contribution in [2.24, 2.45) is 5.16 Å². The van der Waals surface area contributed by atoms with E-state index in [1.807, 2.05) is 12.1 Å². The maximum Gasteiger partial charge on any atom is 0.177 e. The van der Waals surface area contributed by atoms with Crippen molar-refractivity contribution in [2.45, 2.75) is 6.42 Å². The fraction of sp³-hybridized carbons (Fsp3) is 0.500. The SMILES string of the molecule is [O-][N+]1(CCCON=C(Cl)c2ccccc2Cl)CCOCC1. The number of hydroxylamine groups is 3. The molecule has 2 rings (SSSR count). The summed E-state index contributed by atoms with van der Waals surface area (Å²) in [4.78, 5) is 5.16. The second-order valence-electron chi connectivity index (χ2n) is 4.89. The first-order valence-electron chi connectivity index (χ1n) is 6.86. The Morgan fingerprint density at radius 3 is 2.76 bits per heavy atom. The highest BCUT2D eigenvalue weighted by molar-refractivity contribution is 6.70. The Bertz CT molecular complexity index is 491. The van der Waals surface area contributed by atoms with E-state index >= 15 is 0 Å². The van der Waals surface area contributed by atoms with E-state index in [9.17, 15) is 5.21 Å². The average molecular weight is 333 g/mol. The topological polar surface area (TPSA) is 53.9 Å². The fourth-order valence-corrected chi connectivity index (χ4v) is 2.58. The molecule has 0 N–H and O–H groups in total. The van der Waals surface area contributed by atoms with E-state index in [0.29, 0.717) is 56.5 Å². The summed E-state index contributed by atoms with van der Waals surface area (Å²) >= 11 is 12.0. The number of hydrogen-bond donors (Lipinski definition) is 0. The van der Waals surface area contributed by atoms with Crippen LogP contribution in [0.3, 0.4) is 0 Å². The lowest BCUT2D eigenvalue weighted by molar-refractivity contribution is -0.888. The van der Waals surface area contributed by atoms with Crippen molar-refractivity contribution in [3.05, 3.63) is 40.1 Å². The minimum atomic E-state index is -0.217. The van der Waals surface area contributed by atoms with Crippen molar-refractivity contribution in [3.8, 4) is 0 Å². The van der Waals surface area contributed by atoms with Gasteiger partial charge in [-0.1, -0.05) is 46.6 Å². The van der Waals surface area contributed by atoms with Crippen LogP contribution in [-0.4, -0.2) is 49.3 Å². The summed E-state index contributed by atoms with van der Waals surface area (Å²) in [7, 11) is 0. The standard InChI is InChI=1S/C14H18Cl2N2O3/c15-13-5-2-1-4-12(13)14(16)17-21-9-3-6-18(19)7-10-20-11-8-18/h1-2,4-5H,3,6-11H2. The first-order chi connectivity index (χ1) is 10.1. The second kappa shape index (κ2) is 7.96. The molecule has 0 amide bonds. The van der Waals surface area contributed by atoms with E-state index in [0.717, 1.165) is 0 Å². The highest BCUT2D eigenvalue weighted by Crippen LogP contribution is 2.18. The third-order valence-corrected chi connectivity index (χ3v) is 3.93. The summed E-state index contributed by atoms with van der Waals surface area (Å²) in [6.45, 7) is 2.92. The third-order valence-electron chi connectivity index (χ3n) is 3.33. The van der Waals surface area contributed by atoms with Crippen molar-refractivity contribution in [1.29, 1.82) is 0 Å². The zero-order chi connectivity index (χ0) is 15.1. The lowest BCUT2D eigenvalue weighted by Gasteiger charge is -2.45. The molecule has 1 heterocycles. The van der Waals surface area contributed by atoms with Gasteiger partial charge in [-0.15, -0.1) is 0 Å². The Morgan fingerprint density at radius 2 is 2.05 bits per heavy atom. The number of ether oxygens (including phenoxy) is 1. The normalized spacial score (nSPS) is 18.5. The summed E-state index contributed by atoms with van der Waals surface area (Å²) in [6, 6.07) is 7.14. The number of halogens is 2. The summed E-state index contributed by atoms with van der Waals surface area (Å²) in [5, 5.41) is 16.8. The monoisotopic (exact) mass is 332 g/mol. The molecule has 1 fully saturated rings. The number of oxime groups is 1. The lowest BCUT2D eigenvalue weighted by Crippen LogP contribution is -2.51. The van der Waals surface area contributed by atoms with Gasteiger partial charge in [0.1, 0.15) is 19.7 Å². The minimum Gasteiger partial charge on any atom is -0.633 e. The van der Waals surface area contributed by atoms with E-state index in [2.05, 4.69) is 5.16 Å². The molecule has 0 radical (unpaired) electrons. The molecular weight excluding hydrogens is 315 g/mol. The largest absolute Gasteiger partial charge is 0.633 e. The highest BCUT2D eigenvalue weighted by Gasteiger charge is 2.20. The Labute approximate surface area is 134 Å². The number of morpholine rings is 1. The van der Waals surface area contributed by atoms with Crippen LogP contribution < -0.4 is 0 Å². The van der Waals surface area contributed by atoms with Crippen molar-refractivity contribution in [1.82, 2.24) is 0 Å². The second-order valence-corrected chi connectivity index (χ2v) is 5.66. The van der Waals surface area contributed by atoms with Gasteiger partial charge in [-0.05, 0) is 6.07 Å². The first-order valence-corrected chi connectivity index (χ1v) is 7.61. The maximum atomic E-state index is 12.2. The molecule has 116 valence electrons. The third kappa shape index (κ3) is 5.13. The Balaban J connectivity index is 1.74. The van der Waals surface area contributed by atoms with Crippen molar-refractivity contribution < 1.29 is 14.2 Å². The van der Waals surface area contributed by atoms with Crippen LogP contribution >= 0.6 is 23.2 Å². The van der Waals surface area contributed by atoms with Crippen LogP contribution in [0.4, 0.5) is 0 Å². The Hall–Kier alpha value is -0.850. The van der Waals surface area contributed by atoms with Gasteiger partial charge in [0, 0.05) is 12.0 Å². The minimum absolute atomic E-state index is 0.206. The summed E-state index contributed by atoms with van der Waals surface area (Å²) < 4.78 is 4.97. The number of benzene rings is 1. The van der Waals surface area contributed by atoms with Gasteiger partial charge in [0.05, 0.1) is 24.8 Å². The first kappa shape index (κ1) is 16.5. The molecule has 1 aliphatic rings. The summed E-state index contributed by atoms with van der Waals surface area (Å²) in [6.07, 6.45) is 0.625. The van der Waals surface area contributed by atoms with Crippen LogP contribution in [0, 0.1) is 5.21 Å². The zero-order valence-corrected chi connectivity index (χ0v) is 13.1.